The predicted octanol–water partition coefficient (Wildman–Crippen LogP) is 3.86. The minimum atomic E-state index is -0.135. The van der Waals surface area contributed by atoms with Gasteiger partial charge in [-0.1, -0.05) is 24.3 Å². The van der Waals surface area contributed by atoms with E-state index in [1.165, 1.54) is 0 Å². The van der Waals surface area contributed by atoms with Crippen molar-refractivity contribution in [1.29, 1.82) is 0 Å². The second-order valence-electron chi connectivity index (χ2n) is 5.28. The van der Waals surface area contributed by atoms with Crippen LogP contribution in [0, 0.1) is 6.92 Å². The number of Topliss-reactive ketones (excluding diaryl/α,β-unsaturated/α-hetero) is 1. The molecule has 0 aromatic heterocycles. The molecule has 108 valence electrons. The number of aryl methyl sites for hydroxylation is 1. The smallest absolute Gasteiger partial charge is 0.144 e. The van der Waals surface area contributed by atoms with E-state index in [1.54, 1.807) is 0 Å². The highest BCUT2D eigenvalue weighted by Gasteiger charge is 2.25. The largest absolute Gasteiger partial charge is 0.457 e. The average Bonchev–Trinajstić information content (AvgIpc) is 2.50. The van der Waals surface area contributed by atoms with Gasteiger partial charge in [-0.15, -0.1) is 0 Å². The Kier molecular flexibility index (Phi) is 4.02. The summed E-state index contributed by atoms with van der Waals surface area (Å²) in [7, 11) is 0. The molecule has 1 aliphatic heterocycles. The Labute approximate surface area is 124 Å². The fourth-order valence-electron chi connectivity index (χ4n) is 2.63. The van der Waals surface area contributed by atoms with Crippen LogP contribution in [-0.4, -0.2) is 19.0 Å². The van der Waals surface area contributed by atoms with E-state index < -0.39 is 0 Å². The third-order valence-corrected chi connectivity index (χ3v) is 3.76. The van der Waals surface area contributed by atoms with Gasteiger partial charge in [0.2, 0.25) is 0 Å². The number of hydrogen-bond acceptors (Lipinski definition) is 3. The van der Waals surface area contributed by atoms with Crippen molar-refractivity contribution in [2.75, 3.05) is 13.2 Å². The number of carbonyl (C=O) groups is 1. The topological polar surface area (TPSA) is 35.5 Å². The number of ketones is 1. The molecule has 3 heteroatoms. The van der Waals surface area contributed by atoms with Gasteiger partial charge in [0.05, 0.1) is 19.1 Å². The van der Waals surface area contributed by atoms with Gasteiger partial charge in [0, 0.05) is 6.42 Å². The quantitative estimate of drug-likeness (QED) is 0.857. The molecule has 3 nitrogen and oxygen atoms in total. The summed E-state index contributed by atoms with van der Waals surface area (Å²) in [6, 6.07) is 15.5. The molecule has 21 heavy (non-hydrogen) atoms. The van der Waals surface area contributed by atoms with Gasteiger partial charge >= 0.3 is 0 Å². The van der Waals surface area contributed by atoms with Crippen LogP contribution >= 0.6 is 0 Å². The van der Waals surface area contributed by atoms with Gasteiger partial charge in [-0.05, 0) is 42.3 Å². The van der Waals surface area contributed by atoms with Gasteiger partial charge < -0.3 is 9.47 Å². The minimum Gasteiger partial charge on any atom is -0.457 e. The summed E-state index contributed by atoms with van der Waals surface area (Å²) in [4.78, 5) is 12.0. The molecule has 2 aromatic rings. The molecule has 0 radical (unpaired) electrons. The minimum absolute atomic E-state index is 0.135. The summed E-state index contributed by atoms with van der Waals surface area (Å²) in [6.45, 7) is 3.04. The number of rotatable bonds is 3. The molecule has 0 amide bonds. The maximum Gasteiger partial charge on any atom is 0.144 e. The van der Waals surface area contributed by atoms with Gasteiger partial charge in [0.1, 0.15) is 17.3 Å². The van der Waals surface area contributed by atoms with Crippen LogP contribution in [0.5, 0.6) is 11.5 Å². The van der Waals surface area contributed by atoms with E-state index in [0.717, 1.165) is 22.6 Å². The molecule has 0 saturated carbocycles. The van der Waals surface area contributed by atoms with Crippen molar-refractivity contribution in [1.82, 2.24) is 0 Å². The molecule has 0 unspecified atom stereocenters. The van der Waals surface area contributed by atoms with Crippen LogP contribution in [0.1, 0.15) is 23.5 Å². The fourth-order valence-corrected chi connectivity index (χ4v) is 2.63. The molecule has 3 rings (SSSR count). The van der Waals surface area contributed by atoms with E-state index in [2.05, 4.69) is 0 Å². The third-order valence-electron chi connectivity index (χ3n) is 3.76. The lowest BCUT2D eigenvalue weighted by molar-refractivity contribution is -0.126. The second kappa shape index (κ2) is 6.10. The maximum absolute atomic E-state index is 12.0. The van der Waals surface area contributed by atoms with E-state index >= 15 is 0 Å². The molecule has 1 fully saturated rings. The number of benzene rings is 2. The summed E-state index contributed by atoms with van der Waals surface area (Å²) < 4.78 is 11.2. The molecule has 0 spiro atoms. The van der Waals surface area contributed by atoms with Crippen molar-refractivity contribution in [3.05, 3.63) is 59.7 Å². The van der Waals surface area contributed by atoms with E-state index in [-0.39, 0.29) is 11.7 Å². The highest BCUT2D eigenvalue weighted by Crippen LogP contribution is 2.29. The van der Waals surface area contributed by atoms with Crippen LogP contribution in [-0.2, 0) is 9.53 Å². The number of ether oxygens (including phenoxy) is 2. The first-order chi connectivity index (χ1) is 10.2. The Bertz CT molecular complexity index is 634. The Morgan fingerprint density at radius 1 is 1.10 bits per heavy atom. The average molecular weight is 282 g/mol. The Morgan fingerprint density at radius 3 is 2.62 bits per heavy atom. The predicted molar refractivity (Wildman–Crippen MR) is 80.9 cm³/mol. The first kappa shape index (κ1) is 13.8. The van der Waals surface area contributed by atoms with E-state index in [0.29, 0.717) is 19.6 Å². The van der Waals surface area contributed by atoms with Crippen molar-refractivity contribution in [2.24, 2.45) is 0 Å². The van der Waals surface area contributed by atoms with Crippen molar-refractivity contribution in [3.8, 4) is 11.5 Å². The monoisotopic (exact) mass is 282 g/mol. The van der Waals surface area contributed by atoms with Crippen LogP contribution in [0.3, 0.4) is 0 Å². The van der Waals surface area contributed by atoms with Crippen molar-refractivity contribution < 1.29 is 14.3 Å². The molecule has 1 aliphatic rings. The van der Waals surface area contributed by atoms with Gasteiger partial charge in [-0.25, -0.2) is 0 Å². The zero-order valence-electron chi connectivity index (χ0n) is 12.0. The lowest BCUT2D eigenvalue weighted by Gasteiger charge is -2.23. The number of hydrogen-bond donors (Lipinski definition) is 0. The fraction of sp³-hybridized carbons (Fsp3) is 0.278. The molecule has 0 bridgehead atoms. The summed E-state index contributed by atoms with van der Waals surface area (Å²) in [6.07, 6.45) is 0.506. The normalized spacial score (nSPS) is 18.5. The zero-order chi connectivity index (χ0) is 14.7. The molecule has 1 saturated heterocycles. The summed E-state index contributed by atoms with van der Waals surface area (Å²) in [5, 5.41) is 0. The zero-order valence-corrected chi connectivity index (χ0v) is 12.0. The van der Waals surface area contributed by atoms with Crippen molar-refractivity contribution >= 4 is 5.78 Å². The summed E-state index contributed by atoms with van der Waals surface area (Å²) in [5.74, 6) is 1.72. The van der Waals surface area contributed by atoms with Crippen LogP contribution in [0.2, 0.25) is 0 Å². The first-order valence-electron chi connectivity index (χ1n) is 7.18. The third kappa shape index (κ3) is 3.14. The summed E-state index contributed by atoms with van der Waals surface area (Å²) in [5.41, 5.74) is 2.10. The van der Waals surface area contributed by atoms with Crippen LogP contribution in [0.4, 0.5) is 0 Å². The molecule has 1 heterocycles. The van der Waals surface area contributed by atoms with Crippen LogP contribution < -0.4 is 4.74 Å². The van der Waals surface area contributed by atoms with Gasteiger partial charge in [-0.2, -0.15) is 0 Å². The van der Waals surface area contributed by atoms with E-state index in [9.17, 15) is 4.79 Å². The van der Waals surface area contributed by atoms with Gasteiger partial charge in [0.25, 0.3) is 0 Å². The highest BCUT2D eigenvalue weighted by atomic mass is 16.5. The lowest BCUT2D eigenvalue weighted by atomic mass is 9.89. The standard InChI is InChI=1S/C18H18O3/c1-13-11-15(21-14-5-3-2-4-6-14)7-8-16(13)17-12-20-10-9-18(17)19/h2-8,11,17H,9-10,12H2,1H3/t17-/m0/s1. The van der Waals surface area contributed by atoms with E-state index in [1.807, 2.05) is 55.5 Å². The molecule has 0 aliphatic carbocycles. The second-order valence-corrected chi connectivity index (χ2v) is 5.28. The Hall–Kier alpha value is -2.13. The summed E-state index contributed by atoms with van der Waals surface area (Å²) >= 11 is 0. The van der Waals surface area contributed by atoms with Crippen molar-refractivity contribution in [2.45, 2.75) is 19.3 Å². The maximum atomic E-state index is 12.0. The highest BCUT2D eigenvalue weighted by molar-refractivity contribution is 5.87. The molecular weight excluding hydrogens is 264 g/mol. The Balaban J connectivity index is 1.81. The van der Waals surface area contributed by atoms with Gasteiger partial charge in [0.15, 0.2) is 0 Å². The SMILES string of the molecule is Cc1cc(Oc2ccccc2)ccc1[C@@H]1COCCC1=O. The van der Waals surface area contributed by atoms with Gasteiger partial charge in [-0.3, -0.25) is 4.79 Å². The number of para-hydroxylation sites is 1. The molecule has 2 aromatic carbocycles. The molecular formula is C18H18O3. The Morgan fingerprint density at radius 2 is 1.90 bits per heavy atom. The number of carbonyl (C=O) groups excluding carboxylic acids is 1. The lowest BCUT2D eigenvalue weighted by Crippen LogP contribution is -2.26. The van der Waals surface area contributed by atoms with Crippen LogP contribution in [0.15, 0.2) is 48.5 Å². The molecule has 0 N–H and O–H groups in total. The van der Waals surface area contributed by atoms with Crippen molar-refractivity contribution in [3.63, 3.8) is 0 Å². The molecule has 1 atom stereocenters. The van der Waals surface area contributed by atoms with Crippen LogP contribution in [0.25, 0.3) is 0 Å². The first-order valence-corrected chi connectivity index (χ1v) is 7.18. The van der Waals surface area contributed by atoms with E-state index in [4.69, 9.17) is 9.47 Å².